The van der Waals surface area contributed by atoms with Gasteiger partial charge in [-0.05, 0) is 39.2 Å². The third-order valence-electron chi connectivity index (χ3n) is 1.73. The van der Waals surface area contributed by atoms with E-state index in [9.17, 15) is 4.79 Å². The number of hydrogen-bond acceptors (Lipinski definition) is 1. The molecule has 0 unspecified atom stereocenters. The Labute approximate surface area is 75.2 Å². The second kappa shape index (κ2) is 6.84. The maximum Gasteiger partial charge on any atom is 0.152 e. The van der Waals surface area contributed by atoms with Gasteiger partial charge in [0.25, 0.3) is 0 Å². The zero-order valence-electron chi connectivity index (χ0n) is 8.26. The summed E-state index contributed by atoms with van der Waals surface area (Å²) in [4.78, 5) is 10.8. The van der Waals surface area contributed by atoms with Gasteiger partial charge in [0.05, 0.1) is 0 Å². The van der Waals surface area contributed by atoms with Gasteiger partial charge in [-0.2, -0.15) is 0 Å². The van der Waals surface area contributed by atoms with Gasteiger partial charge in [0.2, 0.25) is 0 Å². The summed E-state index contributed by atoms with van der Waals surface area (Å²) < 4.78 is 0. The van der Waals surface area contributed by atoms with E-state index in [0.717, 1.165) is 19.3 Å². The highest BCUT2D eigenvalue weighted by Crippen LogP contribution is 2.09. The van der Waals surface area contributed by atoms with E-state index < -0.39 is 0 Å². The molecule has 0 spiro atoms. The Bertz CT molecular complexity index is 187. The molecule has 0 aromatic carbocycles. The lowest BCUT2D eigenvalue weighted by molar-refractivity contribution is -0.112. The summed E-state index contributed by atoms with van der Waals surface area (Å²) in [5.74, 6) is 0.160. The van der Waals surface area contributed by atoms with Gasteiger partial charge < -0.3 is 0 Å². The number of ketones is 1. The van der Waals surface area contributed by atoms with Gasteiger partial charge in [-0.15, -0.1) is 0 Å². The average Bonchev–Trinajstić information content (AvgIpc) is 2.02. The van der Waals surface area contributed by atoms with Crippen molar-refractivity contribution in [3.8, 4) is 0 Å². The minimum Gasteiger partial charge on any atom is -0.295 e. The lowest BCUT2D eigenvalue weighted by Gasteiger charge is -1.99. The van der Waals surface area contributed by atoms with E-state index in [1.165, 1.54) is 5.57 Å². The van der Waals surface area contributed by atoms with Crippen LogP contribution < -0.4 is 0 Å². The van der Waals surface area contributed by atoms with Crippen LogP contribution in [0.25, 0.3) is 0 Å². The van der Waals surface area contributed by atoms with Crippen molar-refractivity contribution in [1.29, 1.82) is 0 Å². The zero-order valence-corrected chi connectivity index (χ0v) is 8.26. The molecule has 0 bridgehead atoms. The first-order chi connectivity index (χ1) is 5.70. The molecule has 0 rings (SSSR count). The highest BCUT2D eigenvalue weighted by molar-refractivity contribution is 5.87. The molecule has 0 aliphatic carbocycles. The fourth-order valence-electron chi connectivity index (χ4n) is 1.07. The van der Waals surface area contributed by atoms with Crippen LogP contribution in [0.3, 0.4) is 0 Å². The summed E-state index contributed by atoms with van der Waals surface area (Å²) in [6.45, 7) is 5.70. The third kappa shape index (κ3) is 5.90. The predicted molar refractivity (Wildman–Crippen MR) is 53.1 cm³/mol. The minimum atomic E-state index is 0.160. The SMILES string of the molecule is C/C=C/CC/C(=C/C(C)=O)CC. The summed E-state index contributed by atoms with van der Waals surface area (Å²) in [6.07, 6.45) is 8.97. The Morgan fingerprint density at radius 1 is 1.42 bits per heavy atom. The van der Waals surface area contributed by atoms with Crippen LogP contribution in [0.1, 0.15) is 40.0 Å². The molecule has 0 aromatic rings. The average molecular weight is 166 g/mol. The third-order valence-corrected chi connectivity index (χ3v) is 1.73. The van der Waals surface area contributed by atoms with Gasteiger partial charge in [-0.3, -0.25) is 4.79 Å². The Kier molecular flexibility index (Phi) is 6.35. The second-order valence-electron chi connectivity index (χ2n) is 2.87. The van der Waals surface area contributed by atoms with Crippen molar-refractivity contribution >= 4 is 5.78 Å². The molecular weight excluding hydrogens is 148 g/mol. The van der Waals surface area contributed by atoms with Gasteiger partial charge in [0.15, 0.2) is 5.78 Å². The number of carbonyl (C=O) groups excluding carboxylic acids is 1. The van der Waals surface area contributed by atoms with Crippen LogP contribution in [0, 0.1) is 0 Å². The molecule has 0 heterocycles. The molecule has 0 atom stereocenters. The maximum atomic E-state index is 10.8. The van der Waals surface area contributed by atoms with E-state index in [4.69, 9.17) is 0 Å². The van der Waals surface area contributed by atoms with Crippen molar-refractivity contribution in [3.63, 3.8) is 0 Å². The van der Waals surface area contributed by atoms with Gasteiger partial charge in [0, 0.05) is 0 Å². The van der Waals surface area contributed by atoms with Crippen LogP contribution in [0.2, 0.25) is 0 Å². The Morgan fingerprint density at radius 2 is 2.08 bits per heavy atom. The van der Waals surface area contributed by atoms with Crippen molar-refractivity contribution in [2.24, 2.45) is 0 Å². The van der Waals surface area contributed by atoms with Gasteiger partial charge in [-0.1, -0.05) is 24.6 Å². The topological polar surface area (TPSA) is 17.1 Å². The van der Waals surface area contributed by atoms with E-state index in [1.54, 1.807) is 13.0 Å². The molecule has 1 heteroatoms. The van der Waals surface area contributed by atoms with E-state index in [2.05, 4.69) is 13.0 Å². The molecule has 0 N–H and O–H groups in total. The largest absolute Gasteiger partial charge is 0.295 e. The number of hydrogen-bond donors (Lipinski definition) is 0. The molecule has 0 radical (unpaired) electrons. The number of carbonyl (C=O) groups is 1. The molecule has 0 amide bonds. The molecule has 0 fully saturated rings. The number of rotatable bonds is 5. The van der Waals surface area contributed by atoms with E-state index >= 15 is 0 Å². The summed E-state index contributed by atoms with van der Waals surface area (Å²) in [5, 5.41) is 0. The molecule has 1 nitrogen and oxygen atoms in total. The van der Waals surface area contributed by atoms with Gasteiger partial charge >= 0.3 is 0 Å². The lowest BCUT2D eigenvalue weighted by Crippen LogP contribution is -1.88. The molecule has 0 aliphatic rings. The minimum absolute atomic E-state index is 0.160. The van der Waals surface area contributed by atoms with Crippen LogP contribution >= 0.6 is 0 Å². The van der Waals surface area contributed by atoms with Crippen LogP contribution in [0.15, 0.2) is 23.8 Å². The molecule has 0 aliphatic heterocycles. The van der Waals surface area contributed by atoms with Crippen molar-refractivity contribution < 1.29 is 4.79 Å². The Morgan fingerprint density at radius 3 is 2.50 bits per heavy atom. The first-order valence-corrected chi connectivity index (χ1v) is 4.51. The number of allylic oxidation sites excluding steroid dienone is 4. The maximum absolute atomic E-state index is 10.8. The highest BCUT2D eigenvalue weighted by atomic mass is 16.1. The quantitative estimate of drug-likeness (QED) is 0.452. The van der Waals surface area contributed by atoms with Crippen molar-refractivity contribution in [2.75, 3.05) is 0 Å². The molecular formula is C11H18O. The zero-order chi connectivity index (χ0) is 9.40. The van der Waals surface area contributed by atoms with E-state index in [-0.39, 0.29) is 5.78 Å². The standard InChI is InChI=1S/C11H18O/c1-4-6-7-8-11(5-2)9-10(3)12/h4,6,9H,5,7-8H2,1-3H3/b6-4+,11-9+. The van der Waals surface area contributed by atoms with E-state index in [1.807, 2.05) is 13.0 Å². The first kappa shape index (κ1) is 11.2. The summed E-state index contributed by atoms with van der Waals surface area (Å²) in [7, 11) is 0. The van der Waals surface area contributed by atoms with E-state index in [0.29, 0.717) is 0 Å². The first-order valence-electron chi connectivity index (χ1n) is 4.51. The van der Waals surface area contributed by atoms with Crippen molar-refractivity contribution in [3.05, 3.63) is 23.8 Å². The lowest BCUT2D eigenvalue weighted by atomic mass is 10.1. The summed E-state index contributed by atoms with van der Waals surface area (Å²) in [5.41, 5.74) is 1.25. The van der Waals surface area contributed by atoms with Gasteiger partial charge in [0.1, 0.15) is 0 Å². The van der Waals surface area contributed by atoms with Crippen molar-refractivity contribution in [2.45, 2.75) is 40.0 Å². The fourth-order valence-corrected chi connectivity index (χ4v) is 1.07. The monoisotopic (exact) mass is 166 g/mol. The molecule has 0 aromatic heterocycles. The smallest absolute Gasteiger partial charge is 0.152 e. The van der Waals surface area contributed by atoms with Crippen LogP contribution in [-0.2, 0) is 4.79 Å². The van der Waals surface area contributed by atoms with Crippen LogP contribution in [-0.4, -0.2) is 5.78 Å². The highest BCUT2D eigenvalue weighted by Gasteiger charge is 1.94. The Balaban J connectivity index is 3.91. The normalized spacial score (nSPS) is 12.4. The molecule has 68 valence electrons. The molecule has 12 heavy (non-hydrogen) atoms. The van der Waals surface area contributed by atoms with Crippen LogP contribution in [0.5, 0.6) is 0 Å². The Hall–Kier alpha value is -0.850. The fraction of sp³-hybridized carbons (Fsp3) is 0.545. The predicted octanol–water partition coefficient (Wildman–Crippen LogP) is 3.27. The summed E-state index contributed by atoms with van der Waals surface area (Å²) in [6, 6.07) is 0. The molecule has 0 saturated carbocycles. The van der Waals surface area contributed by atoms with Crippen LogP contribution in [0.4, 0.5) is 0 Å². The second-order valence-corrected chi connectivity index (χ2v) is 2.87. The summed E-state index contributed by atoms with van der Waals surface area (Å²) >= 11 is 0. The molecule has 0 saturated heterocycles. The van der Waals surface area contributed by atoms with Crippen molar-refractivity contribution in [1.82, 2.24) is 0 Å². The van der Waals surface area contributed by atoms with Gasteiger partial charge in [-0.25, -0.2) is 0 Å².